The van der Waals surface area contributed by atoms with Crippen LogP contribution in [-0.4, -0.2) is 10.1 Å². The summed E-state index contributed by atoms with van der Waals surface area (Å²) in [5, 5.41) is 9.99. The van der Waals surface area contributed by atoms with Gasteiger partial charge in [-0.25, -0.2) is 0 Å². The first-order chi connectivity index (χ1) is 7.25. The number of halogens is 1. The van der Waals surface area contributed by atoms with E-state index in [9.17, 15) is 5.11 Å². The molecule has 82 valence electrons. The van der Waals surface area contributed by atoms with Crippen molar-refractivity contribution in [3.63, 3.8) is 0 Å². The molecule has 0 amide bonds. The van der Waals surface area contributed by atoms with Gasteiger partial charge in [-0.2, -0.15) is 0 Å². The number of hydrogen-bond donors (Lipinski definition) is 1. The number of aliphatic hydroxyl groups excluding tert-OH is 1. The highest BCUT2D eigenvalue weighted by Crippen LogP contribution is 2.32. The minimum absolute atomic E-state index is 0.388. The third-order valence-corrected chi connectivity index (χ3v) is 3.59. The third-order valence-electron chi connectivity index (χ3n) is 3.12. The monoisotopic (exact) mass is 269 g/mol. The SMILES string of the molecule is OC(CC1CCCC1)c1ccc(Br)cn1. The van der Waals surface area contributed by atoms with Crippen LogP contribution in [0.3, 0.4) is 0 Å². The van der Waals surface area contributed by atoms with Crippen LogP contribution in [0.5, 0.6) is 0 Å². The Morgan fingerprint density at radius 3 is 2.73 bits per heavy atom. The molecule has 1 aliphatic rings. The first-order valence-corrected chi connectivity index (χ1v) is 6.34. The van der Waals surface area contributed by atoms with Crippen LogP contribution in [0, 0.1) is 5.92 Å². The minimum Gasteiger partial charge on any atom is -0.387 e. The molecule has 2 nitrogen and oxygen atoms in total. The molecular weight excluding hydrogens is 254 g/mol. The lowest BCUT2D eigenvalue weighted by atomic mass is 9.98. The molecule has 0 saturated heterocycles. The second-order valence-corrected chi connectivity index (χ2v) is 5.22. The Morgan fingerprint density at radius 1 is 1.40 bits per heavy atom. The number of rotatable bonds is 3. The van der Waals surface area contributed by atoms with Crippen LogP contribution in [-0.2, 0) is 0 Å². The number of pyridine rings is 1. The molecule has 1 aliphatic carbocycles. The van der Waals surface area contributed by atoms with Gasteiger partial charge in [-0.3, -0.25) is 4.98 Å². The second kappa shape index (κ2) is 5.08. The first-order valence-electron chi connectivity index (χ1n) is 5.55. The number of aliphatic hydroxyl groups is 1. The zero-order valence-electron chi connectivity index (χ0n) is 8.69. The zero-order chi connectivity index (χ0) is 10.7. The van der Waals surface area contributed by atoms with Crippen molar-refractivity contribution in [2.45, 2.75) is 38.2 Å². The van der Waals surface area contributed by atoms with E-state index in [1.807, 2.05) is 12.1 Å². The molecule has 1 aromatic rings. The molecule has 0 radical (unpaired) electrons. The fraction of sp³-hybridized carbons (Fsp3) is 0.583. The first kappa shape index (κ1) is 11.1. The standard InChI is InChI=1S/C12H16BrNO/c13-10-5-6-11(14-8-10)12(15)7-9-3-1-2-4-9/h5-6,8-9,12,15H,1-4,7H2. The maximum atomic E-state index is 9.99. The third kappa shape index (κ3) is 3.02. The fourth-order valence-electron chi connectivity index (χ4n) is 2.27. The molecule has 1 atom stereocenters. The van der Waals surface area contributed by atoms with Gasteiger partial charge in [0.15, 0.2) is 0 Å². The minimum atomic E-state index is -0.388. The molecular formula is C12H16BrNO. The molecule has 0 bridgehead atoms. The van der Waals surface area contributed by atoms with Gasteiger partial charge in [0, 0.05) is 10.7 Å². The molecule has 2 rings (SSSR count). The zero-order valence-corrected chi connectivity index (χ0v) is 10.3. The summed E-state index contributed by atoms with van der Waals surface area (Å²) in [5.41, 5.74) is 0.796. The Labute approximate surface area is 98.9 Å². The highest BCUT2D eigenvalue weighted by Gasteiger charge is 2.20. The van der Waals surface area contributed by atoms with Gasteiger partial charge < -0.3 is 5.11 Å². The van der Waals surface area contributed by atoms with Crippen molar-refractivity contribution in [2.24, 2.45) is 5.92 Å². The van der Waals surface area contributed by atoms with E-state index >= 15 is 0 Å². The van der Waals surface area contributed by atoms with Crippen LogP contribution in [0.15, 0.2) is 22.8 Å². The molecule has 0 spiro atoms. The van der Waals surface area contributed by atoms with Crippen molar-refractivity contribution in [1.82, 2.24) is 4.98 Å². The predicted molar refractivity (Wildman–Crippen MR) is 63.5 cm³/mol. The van der Waals surface area contributed by atoms with Gasteiger partial charge in [0.25, 0.3) is 0 Å². The van der Waals surface area contributed by atoms with Crippen molar-refractivity contribution in [3.8, 4) is 0 Å². The molecule has 1 heterocycles. The Morgan fingerprint density at radius 2 is 2.13 bits per heavy atom. The Bertz CT molecular complexity index is 306. The summed E-state index contributed by atoms with van der Waals surface area (Å²) in [6, 6.07) is 3.82. The van der Waals surface area contributed by atoms with Gasteiger partial charge in [0.2, 0.25) is 0 Å². The van der Waals surface area contributed by atoms with Crippen LogP contribution in [0.25, 0.3) is 0 Å². The van der Waals surface area contributed by atoms with E-state index in [0.29, 0.717) is 5.92 Å². The summed E-state index contributed by atoms with van der Waals surface area (Å²) >= 11 is 3.34. The molecule has 0 aromatic carbocycles. The van der Waals surface area contributed by atoms with E-state index in [-0.39, 0.29) is 6.10 Å². The number of hydrogen-bond acceptors (Lipinski definition) is 2. The molecule has 1 aromatic heterocycles. The summed E-state index contributed by atoms with van der Waals surface area (Å²) < 4.78 is 0.958. The van der Waals surface area contributed by atoms with Crippen LogP contribution >= 0.6 is 15.9 Å². The van der Waals surface area contributed by atoms with E-state index in [1.165, 1.54) is 25.7 Å². The van der Waals surface area contributed by atoms with Gasteiger partial charge in [0.1, 0.15) is 0 Å². The lowest BCUT2D eigenvalue weighted by molar-refractivity contribution is 0.140. The van der Waals surface area contributed by atoms with Crippen LogP contribution in [0.1, 0.15) is 43.9 Å². The van der Waals surface area contributed by atoms with Gasteiger partial charge in [0.05, 0.1) is 11.8 Å². The van der Waals surface area contributed by atoms with E-state index in [4.69, 9.17) is 0 Å². The normalized spacial score (nSPS) is 19.3. The number of aromatic nitrogens is 1. The maximum absolute atomic E-state index is 9.99. The molecule has 0 aliphatic heterocycles. The molecule has 3 heteroatoms. The van der Waals surface area contributed by atoms with Crippen LogP contribution in [0.2, 0.25) is 0 Å². The molecule has 1 unspecified atom stereocenters. The van der Waals surface area contributed by atoms with Crippen molar-refractivity contribution in [2.75, 3.05) is 0 Å². The van der Waals surface area contributed by atoms with Crippen molar-refractivity contribution in [1.29, 1.82) is 0 Å². The van der Waals surface area contributed by atoms with Crippen molar-refractivity contribution >= 4 is 15.9 Å². The van der Waals surface area contributed by atoms with Crippen molar-refractivity contribution in [3.05, 3.63) is 28.5 Å². The largest absolute Gasteiger partial charge is 0.387 e. The maximum Gasteiger partial charge on any atom is 0.0962 e. The topological polar surface area (TPSA) is 33.1 Å². The fourth-order valence-corrected chi connectivity index (χ4v) is 2.50. The lowest BCUT2D eigenvalue weighted by Crippen LogP contribution is -2.05. The summed E-state index contributed by atoms with van der Waals surface area (Å²) in [4.78, 5) is 4.22. The van der Waals surface area contributed by atoms with Gasteiger partial charge in [-0.1, -0.05) is 25.7 Å². The molecule has 1 N–H and O–H groups in total. The Kier molecular flexibility index (Phi) is 3.76. The summed E-state index contributed by atoms with van der Waals surface area (Å²) in [6.07, 6.45) is 7.42. The highest BCUT2D eigenvalue weighted by atomic mass is 79.9. The lowest BCUT2D eigenvalue weighted by Gasteiger charge is -2.14. The summed E-state index contributed by atoms with van der Waals surface area (Å²) in [7, 11) is 0. The second-order valence-electron chi connectivity index (χ2n) is 4.30. The van der Waals surface area contributed by atoms with E-state index in [1.54, 1.807) is 6.20 Å². The average Bonchev–Trinajstić information content (AvgIpc) is 2.71. The summed E-state index contributed by atoms with van der Waals surface area (Å²) in [5.74, 6) is 0.699. The van der Waals surface area contributed by atoms with E-state index in [2.05, 4.69) is 20.9 Å². The highest BCUT2D eigenvalue weighted by molar-refractivity contribution is 9.10. The Balaban J connectivity index is 1.94. The van der Waals surface area contributed by atoms with E-state index in [0.717, 1.165) is 16.6 Å². The van der Waals surface area contributed by atoms with Crippen LogP contribution in [0.4, 0.5) is 0 Å². The smallest absolute Gasteiger partial charge is 0.0962 e. The number of nitrogens with zero attached hydrogens (tertiary/aromatic N) is 1. The van der Waals surface area contributed by atoms with Crippen molar-refractivity contribution < 1.29 is 5.11 Å². The van der Waals surface area contributed by atoms with Crippen LogP contribution < -0.4 is 0 Å². The molecule has 15 heavy (non-hydrogen) atoms. The van der Waals surface area contributed by atoms with Gasteiger partial charge in [-0.15, -0.1) is 0 Å². The molecule has 1 fully saturated rings. The molecule has 1 saturated carbocycles. The quantitative estimate of drug-likeness (QED) is 0.912. The Hall–Kier alpha value is -0.410. The summed E-state index contributed by atoms with van der Waals surface area (Å²) in [6.45, 7) is 0. The average molecular weight is 270 g/mol. The van der Waals surface area contributed by atoms with E-state index < -0.39 is 0 Å². The van der Waals surface area contributed by atoms with Gasteiger partial charge >= 0.3 is 0 Å². The predicted octanol–water partition coefficient (Wildman–Crippen LogP) is 3.46. The van der Waals surface area contributed by atoms with Gasteiger partial charge in [-0.05, 0) is 40.4 Å².